The molecule has 0 saturated heterocycles. The van der Waals surface area contributed by atoms with Crippen molar-refractivity contribution in [3.8, 4) is 5.75 Å². The first-order valence-corrected chi connectivity index (χ1v) is 11.4. The van der Waals surface area contributed by atoms with E-state index in [-0.39, 0.29) is 17.4 Å². The number of amides is 1. The van der Waals surface area contributed by atoms with Crippen LogP contribution in [0.2, 0.25) is 0 Å². The number of hydrogen-bond donors (Lipinski definition) is 0. The van der Waals surface area contributed by atoms with E-state index in [1.807, 2.05) is 23.1 Å². The molecule has 1 aliphatic heterocycles. The molecule has 0 aliphatic carbocycles. The van der Waals surface area contributed by atoms with Gasteiger partial charge >= 0.3 is 0 Å². The van der Waals surface area contributed by atoms with Crippen molar-refractivity contribution in [1.82, 2.24) is 4.90 Å². The first kappa shape index (κ1) is 21.5. The summed E-state index contributed by atoms with van der Waals surface area (Å²) in [5.74, 6) is 0.646. The number of aryl methyl sites for hydroxylation is 1. The number of ether oxygens (including phenoxy) is 1. The SMILES string of the molecule is COc1ccc2c(c1)CN(C(C)(C)C)C(=O)C2c1ccccc1Sc1ccc(C)cc1. The number of hydrogen-bond acceptors (Lipinski definition) is 3. The Bertz CT molecular complexity index is 1100. The predicted molar refractivity (Wildman–Crippen MR) is 127 cm³/mol. The Labute approximate surface area is 189 Å². The third-order valence-corrected chi connectivity index (χ3v) is 6.89. The van der Waals surface area contributed by atoms with Gasteiger partial charge in [0.15, 0.2) is 0 Å². The molecule has 0 bridgehead atoms. The van der Waals surface area contributed by atoms with Crippen LogP contribution in [0.15, 0.2) is 76.5 Å². The van der Waals surface area contributed by atoms with E-state index in [1.54, 1.807) is 18.9 Å². The maximum Gasteiger partial charge on any atom is 0.235 e. The van der Waals surface area contributed by atoms with Crippen molar-refractivity contribution in [2.75, 3.05) is 7.11 Å². The lowest BCUT2D eigenvalue weighted by Gasteiger charge is -2.42. The first-order valence-electron chi connectivity index (χ1n) is 10.6. The molecule has 31 heavy (non-hydrogen) atoms. The topological polar surface area (TPSA) is 29.5 Å². The van der Waals surface area contributed by atoms with Crippen LogP contribution in [0.5, 0.6) is 5.75 Å². The van der Waals surface area contributed by atoms with Gasteiger partial charge in [-0.2, -0.15) is 0 Å². The molecule has 1 atom stereocenters. The minimum absolute atomic E-state index is 0.155. The Hall–Kier alpha value is -2.72. The highest BCUT2D eigenvalue weighted by molar-refractivity contribution is 7.99. The molecule has 160 valence electrons. The van der Waals surface area contributed by atoms with E-state index in [0.717, 1.165) is 27.3 Å². The molecule has 0 saturated carbocycles. The van der Waals surface area contributed by atoms with Gasteiger partial charge in [0.25, 0.3) is 0 Å². The standard InChI is InChI=1S/C27H29NO2S/c1-18-10-13-21(14-11-18)31-24-9-7-6-8-23(24)25-22-15-12-20(30-5)16-19(22)17-28(26(25)29)27(2,3)4/h6-16,25H,17H2,1-5H3. The second-order valence-electron chi connectivity index (χ2n) is 9.05. The van der Waals surface area contributed by atoms with E-state index in [2.05, 4.69) is 76.2 Å². The highest BCUT2D eigenvalue weighted by Crippen LogP contribution is 2.43. The molecule has 4 rings (SSSR count). The normalized spacial score (nSPS) is 16.2. The fraction of sp³-hybridized carbons (Fsp3) is 0.296. The Balaban J connectivity index is 1.83. The Kier molecular flexibility index (Phi) is 5.85. The zero-order chi connectivity index (χ0) is 22.2. The maximum atomic E-state index is 13.8. The number of carbonyl (C=O) groups excluding carboxylic acids is 1. The van der Waals surface area contributed by atoms with Crippen molar-refractivity contribution >= 4 is 17.7 Å². The van der Waals surface area contributed by atoms with Crippen LogP contribution in [-0.4, -0.2) is 23.5 Å². The third-order valence-electron chi connectivity index (χ3n) is 5.79. The molecule has 1 heterocycles. The van der Waals surface area contributed by atoms with Gasteiger partial charge in [-0.3, -0.25) is 4.79 Å². The third kappa shape index (κ3) is 4.35. The number of rotatable bonds is 4. The lowest BCUT2D eigenvalue weighted by atomic mass is 9.82. The molecule has 3 aromatic carbocycles. The van der Waals surface area contributed by atoms with Gasteiger partial charge in [-0.1, -0.05) is 53.7 Å². The molecule has 0 N–H and O–H groups in total. The molecule has 0 aromatic heterocycles. The molecular formula is C27H29NO2S. The van der Waals surface area contributed by atoms with Crippen molar-refractivity contribution in [2.45, 2.75) is 55.5 Å². The lowest BCUT2D eigenvalue weighted by molar-refractivity contribution is -0.138. The van der Waals surface area contributed by atoms with Gasteiger partial charge in [-0.25, -0.2) is 0 Å². The molecule has 3 nitrogen and oxygen atoms in total. The Morgan fingerprint density at radius 2 is 1.68 bits per heavy atom. The van der Waals surface area contributed by atoms with Crippen LogP contribution in [0, 0.1) is 6.92 Å². The highest BCUT2D eigenvalue weighted by Gasteiger charge is 2.39. The van der Waals surface area contributed by atoms with Gasteiger partial charge in [0.2, 0.25) is 5.91 Å². The Morgan fingerprint density at radius 3 is 2.35 bits per heavy atom. The quantitative estimate of drug-likeness (QED) is 0.477. The van der Waals surface area contributed by atoms with Crippen molar-refractivity contribution in [2.24, 2.45) is 0 Å². The zero-order valence-corrected chi connectivity index (χ0v) is 19.6. The van der Waals surface area contributed by atoms with Gasteiger partial charge in [0, 0.05) is 21.9 Å². The molecule has 0 fully saturated rings. The van der Waals surface area contributed by atoms with E-state index in [0.29, 0.717) is 6.54 Å². The smallest absolute Gasteiger partial charge is 0.235 e. The minimum Gasteiger partial charge on any atom is -0.497 e. The van der Waals surface area contributed by atoms with Crippen molar-refractivity contribution in [1.29, 1.82) is 0 Å². The molecule has 1 aliphatic rings. The van der Waals surface area contributed by atoms with Crippen LogP contribution in [0.3, 0.4) is 0 Å². The molecule has 1 amide bonds. The number of fused-ring (bicyclic) bond motifs is 1. The van der Waals surface area contributed by atoms with Crippen LogP contribution in [-0.2, 0) is 11.3 Å². The van der Waals surface area contributed by atoms with E-state index in [1.165, 1.54) is 10.5 Å². The van der Waals surface area contributed by atoms with E-state index in [9.17, 15) is 4.79 Å². The zero-order valence-electron chi connectivity index (χ0n) is 18.8. The summed E-state index contributed by atoms with van der Waals surface area (Å²) in [6.45, 7) is 8.98. The second kappa shape index (κ2) is 8.43. The van der Waals surface area contributed by atoms with Crippen molar-refractivity contribution in [3.63, 3.8) is 0 Å². The summed E-state index contributed by atoms with van der Waals surface area (Å²) < 4.78 is 5.47. The molecular weight excluding hydrogens is 402 g/mol. The van der Waals surface area contributed by atoms with Gasteiger partial charge in [-0.15, -0.1) is 0 Å². The fourth-order valence-corrected chi connectivity index (χ4v) is 5.05. The van der Waals surface area contributed by atoms with Crippen molar-refractivity contribution < 1.29 is 9.53 Å². The Morgan fingerprint density at radius 1 is 0.968 bits per heavy atom. The van der Waals surface area contributed by atoms with Crippen LogP contribution < -0.4 is 4.74 Å². The minimum atomic E-state index is -0.331. The number of methoxy groups -OCH3 is 1. The van der Waals surface area contributed by atoms with Crippen LogP contribution in [0.1, 0.15) is 48.9 Å². The lowest BCUT2D eigenvalue weighted by Crippen LogP contribution is -2.50. The average molecular weight is 432 g/mol. The van der Waals surface area contributed by atoms with Gasteiger partial charge in [0.1, 0.15) is 5.75 Å². The van der Waals surface area contributed by atoms with Gasteiger partial charge in [-0.05, 0) is 74.7 Å². The molecule has 1 unspecified atom stereocenters. The number of carbonyl (C=O) groups is 1. The van der Waals surface area contributed by atoms with E-state index in [4.69, 9.17) is 4.74 Å². The summed E-state index contributed by atoms with van der Waals surface area (Å²) >= 11 is 1.71. The monoisotopic (exact) mass is 431 g/mol. The second-order valence-corrected chi connectivity index (χ2v) is 10.2. The maximum absolute atomic E-state index is 13.8. The van der Waals surface area contributed by atoms with Crippen LogP contribution >= 0.6 is 11.8 Å². The highest BCUT2D eigenvalue weighted by atomic mass is 32.2. The van der Waals surface area contributed by atoms with Crippen molar-refractivity contribution in [3.05, 3.63) is 89.0 Å². The molecule has 0 spiro atoms. The van der Waals surface area contributed by atoms with Crippen LogP contribution in [0.25, 0.3) is 0 Å². The molecule has 0 radical (unpaired) electrons. The summed E-state index contributed by atoms with van der Waals surface area (Å²) in [6.07, 6.45) is 0. The predicted octanol–water partition coefficient (Wildman–Crippen LogP) is 6.43. The largest absolute Gasteiger partial charge is 0.497 e. The van der Waals surface area contributed by atoms with Crippen LogP contribution in [0.4, 0.5) is 0 Å². The summed E-state index contributed by atoms with van der Waals surface area (Å²) in [5, 5.41) is 0. The summed E-state index contributed by atoms with van der Waals surface area (Å²) in [4.78, 5) is 18.1. The summed E-state index contributed by atoms with van der Waals surface area (Å²) in [7, 11) is 1.68. The van der Waals surface area contributed by atoms with Gasteiger partial charge < -0.3 is 9.64 Å². The molecule has 4 heteroatoms. The van der Waals surface area contributed by atoms with E-state index < -0.39 is 0 Å². The number of benzene rings is 3. The number of nitrogens with zero attached hydrogens (tertiary/aromatic N) is 1. The average Bonchev–Trinajstić information content (AvgIpc) is 2.74. The summed E-state index contributed by atoms with van der Waals surface area (Å²) in [6, 6.07) is 22.9. The summed E-state index contributed by atoms with van der Waals surface area (Å²) in [5.41, 5.74) is 4.24. The first-order chi connectivity index (χ1) is 14.8. The molecule has 3 aromatic rings. The fourth-order valence-electron chi connectivity index (χ4n) is 4.08. The van der Waals surface area contributed by atoms with E-state index >= 15 is 0 Å². The van der Waals surface area contributed by atoms with Gasteiger partial charge in [0.05, 0.1) is 13.0 Å².